The monoisotopic (exact) mass is 357 g/mol. The van der Waals surface area contributed by atoms with Gasteiger partial charge in [-0.3, -0.25) is 9.59 Å². The molecule has 1 aromatic carbocycles. The summed E-state index contributed by atoms with van der Waals surface area (Å²) in [6.45, 7) is 0.336. The lowest BCUT2D eigenvalue weighted by atomic mass is 10.1. The number of carbonyl (C=O) groups excluding carboxylic acids is 2. The second-order valence-corrected chi connectivity index (χ2v) is 6.25. The third kappa shape index (κ3) is 4.23. The number of halogens is 1. The molecule has 0 spiro atoms. The van der Waals surface area contributed by atoms with Crippen LogP contribution in [0.4, 0.5) is 4.39 Å². The van der Waals surface area contributed by atoms with E-state index in [4.69, 9.17) is 0 Å². The molecule has 1 saturated heterocycles. The number of hydrogen-bond acceptors (Lipinski definition) is 4. The number of rotatable bonds is 4. The molecule has 0 bridgehead atoms. The first-order chi connectivity index (χ1) is 12.5. The Morgan fingerprint density at radius 2 is 1.96 bits per heavy atom. The van der Waals surface area contributed by atoms with Crippen molar-refractivity contribution in [1.82, 2.24) is 14.8 Å². The molecular formula is C19H20FN3O3. The number of aliphatic hydroxyl groups is 1. The van der Waals surface area contributed by atoms with Crippen molar-refractivity contribution in [2.45, 2.75) is 12.5 Å². The van der Waals surface area contributed by atoms with Gasteiger partial charge in [0.15, 0.2) is 11.5 Å². The lowest BCUT2D eigenvalue weighted by Gasteiger charge is -2.21. The van der Waals surface area contributed by atoms with E-state index in [1.165, 1.54) is 12.3 Å². The van der Waals surface area contributed by atoms with Gasteiger partial charge in [0.2, 0.25) is 5.91 Å². The van der Waals surface area contributed by atoms with Crippen LogP contribution in [0.2, 0.25) is 0 Å². The zero-order valence-corrected chi connectivity index (χ0v) is 14.2. The van der Waals surface area contributed by atoms with Gasteiger partial charge in [-0.1, -0.05) is 30.3 Å². The highest BCUT2D eigenvalue weighted by Gasteiger charge is 2.31. The van der Waals surface area contributed by atoms with Crippen LogP contribution in [0.5, 0.6) is 0 Å². The predicted molar refractivity (Wildman–Crippen MR) is 92.8 cm³/mol. The molecule has 1 fully saturated rings. The number of amides is 2. The van der Waals surface area contributed by atoms with Crippen molar-refractivity contribution in [3.05, 3.63) is 65.7 Å². The average Bonchev–Trinajstić information content (AvgIpc) is 2.79. The number of aromatic nitrogens is 1. The molecule has 7 heteroatoms. The molecule has 1 aliphatic heterocycles. The number of β-amino-alcohol motifs (C(OH)–C–C–N with tert-alkyl or cyclic N) is 1. The average molecular weight is 357 g/mol. The van der Waals surface area contributed by atoms with E-state index in [-0.39, 0.29) is 31.2 Å². The minimum absolute atomic E-state index is 0.0393. The van der Waals surface area contributed by atoms with Gasteiger partial charge in [0.1, 0.15) is 6.54 Å². The highest BCUT2D eigenvalue weighted by molar-refractivity contribution is 5.95. The summed E-state index contributed by atoms with van der Waals surface area (Å²) >= 11 is 0. The van der Waals surface area contributed by atoms with Crippen molar-refractivity contribution >= 4 is 11.8 Å². The lowest BCUT2D eigenvalue weighted by molar-refractivity contribution is -0.131. The third-order valence-corrected chi connectivity index (χ3v) is 4.30. The highest BCUT2D eigenvalue weighted by atomic mass is 19.1. The van der Waals surface area contributed by atoms with Crippen LogP contribution in [0.25, 0.3) is 0 Å². The summed E-state index contributed by atoms with van der Waals surface area (Å²) in [7, 11) is 0. The summed E-state index contributed by atoms with van der Waals surface area (Å²) in [6.07, 6.45) is 1.08. The van der Waals surface area contributed by atoms with Gasteiger partial charge in [0.05, 0.1) is 6.10 Å². The van der Waals surface area contributed by atoms with Gasteiger partial charge < -0.3 is 14.9 Å². The van der Waals surface area contributed by atoms with E-state index in [1.807, 2.05) is 30.3 Å². The summed E-state index contributed by atoms with van der Waals surface area (Å²) in [4.78, 5) is 31.5. The molecule has 26 heavy (non-hydrogen) atoms. The number of nitrogens with zero attached hydrogens (tertiary/aromatic N) is 3. The maximum Gasteiger partial charge on any atom is 0.276 e. The molecule has 136 valence electrons. The smallest absolute Gasteiger partial charge is 0.276 e. The van der Waals surface area contributed by atoms with E-state index >= 15 is 0 Å². The molecular weight excluding hydrogens is 337 g/mol. The molecule has 2 amide bonds. The zero-order chi connectivity index (χ0) is 18.5. The first-order valence-corrected chi connectivity index (χ1v) is 8.44. The van der Waals surface area contributed by atoms with E-state index in [2.05, 4.69) is 4.98 Å². The number of carbonyl (C=O) groups is 2. The second-order valence-electron chi connectivity index (χ2n) is 6.25. The molecule has 6 nitrogen and oxygen atoms in total. The Morgan fingerprint density at radius 1 is 1.19 bits per heavy atom. The van der Waals surface area contributed by atoms with Gasteiger partial charge in [-0.2, -0.15) is 0 Å². The van der Waals surface area contributed by atoms with E-state index in [0.29, 0.717) is 13.0 Å². The Morgan fingerprint density at radius 3 is 2.69 bits per heavy atom. The van der Waals surface area contributed by atoms with Crippen LogP contribution >= 0.6 is 0 Å². The van der Waals surface area contributed by atoms with Crippen LogP contribution in [0.3, 0.4) is 0 Å². The van der Waals surface area contributed by atoms with Crippen LogP contribution in [0, 0.1) is 5.82 Å². The number of hydrogen-bond donors (Lipinski definition) is 1. The molecule has 1 aromatic heterocycles. The molecule has 2 heterocycles. The highest BCUT2D eigenvalue weighted by Crippen LogP contribution is 2.12. The summed E-state index contributed by atoms with van der Waals surface area (Å²) in [6, 6.07) is 12.2. The molecule has 3 rings (SSSR count). The van der Waals surface area contributed by atoms with Gasteiger partial charge >= 0.3 is 0 Å². The van der Waals surface area contributed by atoms with Crippen LogP contribution in [-0.2, 0) is 11.2 Å². The molecule has 1 unspecified atom stereocenters. The van der Waals surface area contributed by atoms with Crippen LogP contribution < -0.4 is 0 Å². The van der Waals surface area contributed by atoms with E-state index < -0.39 is 17.8 Å². The quantitative estimate of drug-likeness (QED) is 0.890. The largest absolute Gasteiger partial charge is 0.389 e. The fraction of sp³-hybridized carbons (Fsp3) is 0.316. The van der Waals surface area contributed by atoms with Crippen molar-refractivity contribution in [2.75, 3.05) is 26.2 Å². The first kappa shape index (κ1) is 18.0. The predicted octanol–water partition coefficient (Wildman–Crippen LogP) is 1.11. The third-order valence-electron chi connectivity index (χ3n) is 4.30. The number of pyridine rings is 1. The maximum absolute atomic E-state index is 13.8. The van der Waals surface area contributed by atoms with Crippen molar-refractivity contribution in [3.63, 3.8) is 0 Å². The molecule has 1 N–H and O–H groups in total. The van der Waals surface area contributed by atoms with Crippen molar-refractivity contribution < 1.29 is 19.1 Å². The molecule has 2 aromatic rings. The van der Waals surface area contributed by atoms with Gasteiger partial charge in [0.25, 0.3) is 5.91 Å². The minimum Gasteiger partial charge on any atom is -0.389 e. The SMILES string of the molecule is O=C1CN(C(=O)c2ncccc2F)CC(O)CN1CCc1ccccc1. The second kappa shape index (κ2) is 8.05. The minimum atomic E-state index is -0.895. The fourth-order valence-corrected chi connectivity index (χ4v) is 2.97. The summed E-state index contributed by atoms with van der Waals surface area (Å²) in [5.74, 6) is -1.72. The van der Waals surface area contributed by atoms with Gasteiger partial charge in [-0.15, -0.1) is 0 Å². The molecule has 0 aliphatic carbocycles. The standard InChI is InChI=1S/C19H20FN3O3/c20-16-7-4-9-21-18(16)19(26)23-12-15(24)11-22(17(25)13-23)10-8-14-5-2-1-3-6-14/h1-7,9,15,24H,8,10-13H2. The number of aliphatic hydroxyl groups excluding tert-OH is 1. The van der Waals surface area contributed by atoms with Crippen LogP contribution in [0.15, 0.2) is 48.7 Å². The Labute approximate surface area is 150 Å². The molecule has 1 aliphatic rings. The first-order valence-electron chi connectivity index (χ1n) is 8.44. The Balaban J connectivity index is 1.68. The van der Waals surface area contributed by atoms with Gasteiger partial charge in [0, 0.05) is 25.8 Å². The van der Waals surface area contributed by atoms with Crippen molar-refractivity contribution in [2.24, 2.45) is 0 Å². The van der Waals surface area contributed by atoms with E-state index in [0.717, 1.165) is 16.5 Å². The molecule has 0 radical (unpaired) electrons. The summed E-state index contributed by atoms with van der Waals surface area (Å²) < 4.78 is 13.8. The topological polar surface area (TPSA) is 73.7 Å². The Hall–Kier alpha value is -2.80. The van der Waals surface area contributed by atoms with Gasteiger partial charge in [-0.05, 0) is 24.1 Å². The van der Waals surface area contributed by atoms with E-state index in [1.54, 1.807) is 4.90 Å². The Kier molecular flexibility index (Phi) is 5.58. The summed E-state index contributed by atoms with van der Waals surface area (Å²) in [5.41, 5.74) is 0.743. The number of benzene rings is 1. The Bertz CT molecular complexity index is 785. The zero-order valence-electron chi connectivity index (χ0n) is 14.2. The van der Waals surface area contributed by atoms with Gasteiger partial charge in [-0.25, -0.2) is 9.37 Å². The lowest BCUT2D eigenvalue weighted by Crippen LogP contribution is -2.40. The fourth-order valence-electron chi connectivity index (χ4n) is 2.97. The summed E-state index contributed by atoms with van der Waals surface area (Å²) in [5, 5.41) is 10.2. The van der Waals surface area contributed by atoms with Crippen LogP contribution in [0.1, 0.15) is 16.1 Å². The molecule has 0 saturated carbocycles. The van der Waals surface area contributed by atoms with E-state index in [9.17, 15) is 19.1 Å². The van der Waals surface area contributed by atoms with Crippen molar-refractivity contribution in [1.29, 1.82) is 0 Å². The van der Waals surface area contributed by atoms with Crippen molar-refractivity contribution in [3.8, 4) is 0 Å². The normalized spacial score (nSPS) is 17.9. The maximum atomic E-state index is 13.8. The molecule has 1 atom stereocenters. The van der Waals surface area contributed by atoms with Crippen LogP contribution in [-0.4, -0.2) is 64.0 Å².